The Kier molecular flexibility index (Phi) is 4.82. The SMILES string of the molecule is O=C(OCC(=O)N1CCCC1c1cccs1)c1c[nH]c2ccc(Br)cc12. The third-order valence-corrected chi connectivity index (χ3v) is 6.10. The lowest BCUT2D eigenvalue weighted by molar-refractivity contribution is -0.135. The number of aromatic amines is 1. The molecule has 1 atom stereocenters. The topological polar surface area (TPSA) is 62.4 Å². The molecule has 1 unspecified atom stereocenters. The highest BCUT2D eigenvalue weighted by molar-refractivity contribution is 9.10. The van der Waals surface area contributed by atoms with Gasteiger partial charge in [0.1, 0.15) is 0 Å². The van der Waals surface area contributed by atoms with Crippen LogP contribution in [0.4, 0.5) is 0 Å². The largest absolute Gasteiger partial charge is 0.452 e. The van der Waals surface area contributed by atoms with E-state index in [0.29, 0.717) is 12.1 Å². The van der Waals surface area contributed by atoms with Crippen LogP contribution in [-0.4, -0.2) is 34.9 Å². The van der Waals surface area contributed by atoms with E-state index in [1.54, 1.807) is 17.5 Å². The highest BCUT2D eigenvalue weighted by atomic mass is 79.9. The smallest absolute Gasteiger partial charge is 0.340 e. The number of nitrogens with one attached hydrogen (secondary N) is 1. The van der Waals surface area contributed by atoms with Crippen molar-refractivity contribution in [3.63, 3.8) is 0 Å². The molecule has 0 spiro atoms. The molecule has 3 heterocycles. The van der Waals surface area contributed by atoms with E-state index in [0.717, 1.165) is 28.2 Å². The molecule has 1 amide bonds. The fourth-order valence-corrected chi connectivity index (χ4v) is 4.63. The lowest BCUT2D eigenvalue weighted by atomic mass is 10.2. The third-order valence-electron chi connectivity index (χ3n) is 4.64. The van der Waals surface area contributed by atoms with Crippen molar-refractivity contribution in [1.82, 2.24) is 9.88 Å². The number of carbonyl (C=O) groups excluding carboxylic acids is 2. The molecule has 0 bridgehead atoms. The molecule has 1 aliphatic rings. The van der Waals surface area contributed by atoms with Gasteiger partial charge in [0.05, 0.1) is 11.6 Å². The molecule has 1 N–H and O–H groups in total. The van der Waals surface area contributed by atoms with E-state index in [2.05, 4.69) is 27.0 Å². The van der Waals surface area contributed by atoms with Gasteiger partial charge in [-0.25, -0.2) is 4.79 Å². The molecule has 0 radical (unpaired) electrons. The van der Waals surface area contributed by atoms with Gasteiger partial charge >= 0.3 is 5.97 Å². The second-order valence-electron chi connectivity index (χ2n) is 6.23. The first-order valence-electron chi connectivity index (χ1n) is 8.40. The number of esters is 1. The molecule has 26 heavy (non-hydrogen) atoms. The summed E-state index contributed by atoms with van der Waals surface area (Å²) < 4.78 is 6.19. The van der Waals surface area contributed by atoms with Gasteiger partial charge in [0.25, 0.3) is 5.91 Å². The average Bonchev–Trinajstić information content (AvgIpc) is 3.37. The Morgan fingerprint density at radius 3 is 3.04 bits per heavy atom. The van der Waals surface area contributed by atoms with Crippen molar-refractivity contribution in [2.75, 3.05) is 13.2 Å². The minimum absolute atomic E-state index is 0.102. The maximum Gasteiger partial charge on any atom is 0.340 e. The number of thiophene rings is 1. The first-order valence-corrected chi connectivity index (χ1v) is 10.1. The van der Waals surface area contributed by atoms with E-state index in [-0.39, 0.29) is 18.6 Å². The Hall–Kier alpha value is -2.12. The molecule has 7 heteroatoms. The quantitative estimate of drug-likeness (QED) is 0.616. The van der Waals surface area contributed by atoms with Gasteiger partial charge in [0.2, 0.25) is 0 Å². The third kappa shape index (κ3) is 3.29. The number of aromatic nitrogens is 1. The number of carbonyl (C=O) groups is 2. The molecule has 5 nitrogen and oxygen atoms in total. The Morgan fingerprint density at radius 1 is 1.35 bits per heavy atom. The fraction of sp³-hybridized carbons (Fsp3) is 0.263. The van der Waals surface area contributed by atoms with E-state index in [1.165, 1.54) is 4.88 Å². The highest BCUT2D eigenvalue weighted by Gasteiger charge is 2.31. The monoisotopic (exact) mass is 432 g/mol. The van der Waals surface area contributed by atoms with Gasteiger partial charge in [-0.2, -0.15) is 0 Å². The van der Waals surface area contributed by atoms with Crippen molar-refractivity contribution in [3.8, 4) is 0 Å². The summed E-state index contributed by atoms with van der Waals surface area (Å²) in [5.74, 6) is -0.634. The molecular weight excluding hydrogens is 416 g/mol. The minimum atomic E-state index is -0.491. The lowest BCUT2D eigenvalue weighted by Crippen LogP contribution is -2.34. The van der Waals surface area contributed by atoms with Gasteiger partial charge in [-0.15, -0.1) is 11.3 Å². The Morgan fingerprint density at radius 2 is 2.23 bits per heavy atom. The molecule has 2 aromatic heterocycles. The van der Waals surface area contributed by atoms with Crippen LogP contribution in [0.5, 0.6) is 0 Å². The average molecular weight is 433 g/mol. The number of likely N-dealkylation sites (tertiary alicyclic amines) is 1. The van der Waals surface area contributed by atoms with Crippen LogP contribution in [-0.2, 0) is 9.53 Å². The summed E-state index contributed by atoms with van der Waals surface area (Å²) in [5, 5.41) is 2.79. The van der Waals surface area contributed by atoms with Crippen molar-refractivity contribution in [1.29, 1.82) is 0 Å². The maximum absolute atomic E-state index is 12.6. The summed E-state index contributed by atoms with van der Waals surface area (Å²) in [5.41, 5.74) is 1.29. The lowest BCUT2D eigenvalue weighted by Gasteiger charge is -2.23. The molecular formula is C19H17BrN2O3S. The summed E-state index contributed by atoms with van der Waals surface area (Å²) in [4.78, 5) is 31.1. The number of rotatable bonds is 4. The number of fused-ring (bicyclic) bond motifs is 1. The molecule has 1 aromatic carbocycles. The van der Waals surface area contributed by atoms with E-state index in [1.807, 2.05) is 34.5 Å². The van der Waals surface area contributed by atoms with Crippen LogP contribution in [0.1, 0.15) is 34.1 Å². The van der Waals surface area contributed by atoms with Crippen LogP contribution < -0.4 is 0 Å². The second kappa shape index (κ2) is 7.25. The molecule has 1 aliphatic heterocycles. The van der Waals surface area contributed by atoms with E-state index in [4.69, 9.17) is 4.74 Å². The maximum atomic E-state index is 12.6. The standard InChI is InChI=1S/C19H17BrN2O3S/c20-12-5-6-15-13(9-12)14(10-21-15)19(24)25-11-18(23)22-7-1-3-16(22)17-4-2-8-26-17/h2,4-6,8-10,16,21H,1,3,7,11H2. The summed E-state index contributed by atoms with van der Waals surface area (Å²) >= 11 is 5.06. The zero-order valence-electron chi connectivity index (χ0n) is 13.9. The predicted octanol–water partition coefficient (Wildman–Crippen LogP) is 4.51. The zero-order chi connectivity index (χ0) is 18.1. The first-order chi connectivity index (χ1) is 12.6. The number of hydrogen-bond acceptors (Lipinski definition) is 4. The van der Waals surface area contributed by atoms with Crippen molar-refractivity contribution >= 4 is 50.0 Å². The van der Waals surface area contributed by atoms with Crippen LogP contribution in [0.3, 0.4) is 0 Å². The summed E-state index contributed by atoms with van der Waals surface area (Å²) in [7, 11) is 0. The summed E-state index contributed by atoms with van der Waals surface area (Å²) in [6, 6.07) is 9.79. The highest BCUT2D eigenvalue weighted by Crippen LogP contribution is 2.34. The van der Waals surface area contributed by atoms with E-state index >= 15 is 0 Å². The second-order valence-corrected chi connectivity index (χ2v) is 8.12. The van der Waals surface area contributed by atoms with Gasteiger partial charge in [-0.1, -0.05) is 22.0 Å². The van der Waals surface area contributed by atoms with Crippen LogP contribution in [0.2, 0.25) is 0 Å². The molecule has 3 aromatic rings. The van der Waals surface area contributed by atoms with Crippen LogP contribution in [0.25, 0.3) is 10.9 Å². The van der Waals surface area contributed by atoms with Crippen molar-refractivity contribution < 1.29 is 14.3 Å². The summed E-state index contributed by atoms with van der Waals surface area (Å²) in [6.07, 6.45) is 3.55. The predicted molar refractivity (Wildman–Crippen MR) is 104 cm³/mol. The molecule has 1 fully saturated rings. The van der Waals surface area contributed by atoms with Gasteiger partial charge < -0.3 is 14.6 Å². The number of nitrogens with zero attached hydrogens (tertiary/aromatic N) is 1. The number of halogens is 1. The van der Waals surface area contributed by atoms with E-state index < -0.39 is 5.97 Å². The number of benzene rings is 1. The Labute approximate surface area is 163 Å². The van der Waals surface area contributed by atoms with Crippen LogP contribution >= 0.6 is 27.3 Å². The zero-order valence-corrected chi connectivity index (χ0v) is 16.3. The van der Waals surface area contributed by atoms with Crippen molar-refractivity contribution in [2.45, 2.75) is 18.9 Å². The first kappa shape index (κ1) is 17.3. The van der Waals surface area contributed by atoms with Crippen molar-refractivity contribution in [3.05, 3.63) is 56.8 Å². The van der Waals surface area contributed by atoms with Gasteiger partial charge in [0, 0.05) is 33.0 Å². The number of hydrogen-bond donors (Lipinski definition) is 1. The summed E-state index contributed by atoms with van der Waals surface area (Å²) in [6.45, 7) is 0.473. The Balaban J connectivity index is 1.44. The molecule has 134 valence electrons. The number of amides is 1. The number of H-pyrrole nitrogens is 1. The van der Waals surface area contributed by atoms with Crippen molar-refractivity contribution in [2.24, 2.45) is 0 Å². The van der Waals surface area contributed by atoms with E-state index in [9.17, 15) is 9.59 Å². The molecule has 0 aliphatic carbocycles. The molecule has 0 saturated carbocycles. The van der Waals surface area contributed by atoms with Crippen LogP contribution in [0, 0.1) is 0 Å². The molecule has 4 rings (SSSR count). The minimum Gasteiger partial charge on any atom is -0.452 e. The fourth-order valence-electron chi connectivity index (χ4n) is 3.39. The Bertz CT molecular complexity index is 951. The molecule has 1 saturated heterocycles. The van der Waals surface area contributed by atoms with Gasteiger partial charge in [-0.3, -0.25) is 4.79 Å². The van der Waals surface area contributed by atoms with Gasteiger partial charge in [-0.05, 0) is 42.5 Å². The van der Waals surface area contributed by atoms with Crippen LogP contribution in [0.15, 0.2) is 46.4 Å². The number of ether oxygens (including phenoxy) is 1. The normalized spacial score (nSPS) is 17.0. The van der Waals surface area contributed by atoms with Gasteiger partial charge in [0.15, 0.2) is 6.61 Å².